The van der Waals surface area contributed by atoms with Gasteiger partial charge in [-0.2, -0.15) is 0 Å². The van der Waals surface area contributed by atoms with E-state index >= 15 is 0 Å². The van der Waals surface area contributed by atoms with E-state index in [-0.39, 0.29) is 11.3 Å². The average Bonchev–Trinajstić information content (AvgIpc) is 3.12. The predicted molar refractivity (Wildman–Crippen MR) is 99.4 cm³/mol. The summed E-state index contributed by atoms with van der Waals surface area (Å²) in [5.41, 5.74) is 1.98. The highest BCUT2D eigenvalue weighted by Gasteiger charge is 2.42. The number of halogens is 1. The van der Waals surface area contributed by atoms with Crippen LogP contribution in [0, 0.1) is 0 Å². The molecule has 1 fully saturated rings. The Bertz CT molecular complexity index is 677. The minimum atomic E-state index is -0.328. The summed E-state index contributed by atoms with van der Waals surface area (Å²) in [7, 11) is 0. The zero-order valence-corrected chi connectivity index (χ0v) is 14.7. The summed E-state index contributed by atoms with van der Waals surface area (Å²) in [5.74, 6) is 0.186. The van der Waals surface area contributed by atoms with E-state index in [0.29, 0.717) is 6.54 Å². The summed E-state index contributed by atoms with van der Waals surface area (Å²) in [6, 6.07) is 18.2. The molecule has 1 amide bonds. The predicted octanol–water partition coefficient (Wildman–Crippen LogP) is 4.90. The van der Waals surface area contributed by atoms with Crippen molar-refractivity contribution in [2.45, 2.75) is 43.9 Å². The van der Waals surface area contributed by atoms with Gasteiger partial charge in [-0.1, -0.05) is 73.0 Å². The Morgan fingerprint density at radius 2 is 1.67 bits per heavy atom. The summed E-state index contributed by atoms with van der Waals surface area (Å²) in [5, 5.41) is 3.98. The Hall–Kier alpha value is -1.80. The third kappa shape index (κ3) is 3.64. The summed E-state index contributed by atoms with van der Waals surface area (Å²) in [6.07, 6.45) is 5.95. The van der Waals surface area contributed by atoms with Crippen molar-refractivity contribution < 1.29 is 4.79 Å². The van der Waals surface area contributed by atoms with Crippen LogP contribution in [0.15, 0.2) is 54.6 Å². The van der Waals surface area contributed by atoms with Gasteiger partial charge in [0.15, 0.2) is 0 Å². The van der Waals surface area contributed by atoms with Crippen molar-refractivity contribution >= 4 is 17.5 Å². The highest BCUT2D eigenvalue weighted by Crippen LogP contribution is 2.41. The molecule has 126 valence electrons. The molecule has 1 aliphatic carbocycles. The Morgan fingerprint density at radius 3 is 2.38 bits per heavy atom. The lowest BCUT2D eigenvalue weighted by molar-refractivity contribution is -0.126. The maximum Gasteiger partial charge on any atom is 0.230 e. The quantitative estimate of drug-likeness (QED) is 0.744. The number of nitrogens with one attached hydrogen (secondary N) is 1. The van der Waals surface area contributed by atoms with Gasteiger partial charge in [-0.25, -0.2) is 0 Å². The van der Waals surface area contributed by atoms with Crippen LogP contribution in [0.3, 0.4) is 0 Å². The SMILES string of the molecule is O=C(NCCCc1ccccc1Cl)C1(c2ccccc2)CCCC1. The lowest BCUT2D eigenvalue weighted by Gasteiger charge is -2.28. The lowest BCUT2D eigenvalue weighted by atomic mass is 9.78. The molecule has 1 saturated carbocycles. The van der Waals surface area contributed by atoms with E-state index in [0.717, 1.165) is 54.7 Å². The van der Waals surface area contributed by atoms with Gasteiger partial charge in [0.2, 0.25) is 5.91 Å². The second-order valence-electron chi connectivity index (χ2n) is 6.61. The van der Waals surface area contributed by atoms with Gasteiger partial charge in [0.05, 0.1) is 5.41 Å². The van der Waals surface area contributed by atoms with E-state index in [2.05, 4.69) is 17.4 Å². The van der Waals surface area contributed by atoms with Crippen molar-refractivity contribution in [1.29, 1.82) is 0 Å². The minimum absolute atomic E-state index is 0.186. The van der Waals surface area contributed by atoms with Crippen LogP contribution in [0.5, 0.6) is 0 Å². The smallest absolute Gasteiger partial charge is 0.230 e. The van der Waals surface area contributed by atoms with E-state index < -0.39 is 0 Å². The molecule has 0 bridgehead atoms. The first-order valence-corrected chi connectivity index (χ1v) is 9.17. The van der Waals surface area contributed by atoms with Gasteiger partial charge in [-0.15, -0.1) is 0 Å². The number of rotatable bonds is 6. The summed E-state index contributed by atoms with van der Waals surface area (Å²) < 4.78 is 0. The molecule has 2 aromatic rings. The Balaban J connectivity index is 1.58. The number of hydrogen-bond acceptors (Lipinski definition) is 1. The number of amides is 1. The first-order valence-electron chi connectivity index (χ1n) is 8.80. The fourth-order valence-corrected chi connectivity index (χ4v) is 3.96. The van der Waals surface area contributed by atoms with Crippen LogP contribution in [0.25, 0.3) is 0 Å². The monoisotopic (exact) mass is 341 g/mol. The molecule has 24 heavy (non-hydrogen) atoms. The standard InChI is InChI=1S/C21H24ClNO/c22-19-13-5-4-9-17(19)10-8-16-23-20(24)21(14-6-7-15-21)18-11-2-1-3-12-18/h1-5,9,11-13H,6-8,10,14-16H2,(H,23,24). The molecule has 0 radical (unpaired) electrons. The summed E-state index contributed by atoms with van der Waals surface area (Å²) in [6.45, 7) is 0.693. The molecule has 0 atom stereocenters. The molecule has 3 rings (SSSR count). The first kappa shape index (κ1) is 17.0. The van der Waals surface area contributed by atoms with Crippen LogP contribution in [0.2, 0.25) is 5.02 Å². The molecular formula is C21H24ClNO. The van der Waals surface area contributed by atoms with E-state index in [1.165, 1.54) is 0 Å². The van der Waals surface area contributed by atoms with Crippen LogP contribution < -0.4 is 5.32 Å². The largest absolute Gasteiger partial charge is 0.355 e. The van der Waals surface area contributed by atoms with Crippen molar-refractivity contribution in [3.05, 3.63) is 70.7 Å². The van der Waals surface area contributed by atoms with Crippen molar-refractivity contribution in [1.82, 2.24) is 5.32 Å². The van der Waals surface area contributed by atoms with Gasteiger partial charge in [-0.05, 0) is 42.9 Å². The van der Waals surface area contributed by atoms with Gasteiger partial charge in [-0.3, -0.25) is 4.79 Å². The van der Waals surface area contributed by atoms with Gasteiger partial charge in [0, 0.05) is 11.6 Å². The van der Waals surface area contributed by atoms with E-state index in [1.54, 1.807) is 0 Å². The fourth-order valence-electron chi connectivity index (χ4n) is 3.73. The molecule has 0 spiro atoms. The summed E-state index contributed by atoms with van der Waals surface area (Å²) >= 11 is 6.18. The number of benzene rings is 2. The van der Waals surface area contributed by atoms with Crippen molar-refractivity contribution in [3.8, 4) is 0 Å². The van der Waals surface area contributed by atoms with Gasteiger partial charge in [0.25, 0.3) is 0 Å². The van der Waals surface area contributed by atoms with Gasteiger partial charge >= 0.3 is 0 Å². The number of hydrogen-bond donors (Lipinski definition) is 1. The van der Waals surface area contributed by atoms with Crippen molar-refractivity contribution in [2.75, 3.05) is 6.54 Å². The van der Waals surface area contributed by atoms with E-state index in [9.17, 15) is 4.79 Å². The molecule has 0 heterocycles. The number of aryl methyl sites for hydroxylation is 1. The van der Waals surface area contributed by atoms with Crippen LogP contribution in [-0.2, 0) is 16.6 Å². The highest BCUT2D eigenvalue weighted by atomic mass is 35.5. The Labute approximate surface area is 149 Å². The van der Waals surface area contributed by atoms with E-state index in [4.69, 9.17) is 11.6 Å². The Morgan fingerprint density at radius 1 is 1.00 bits per heavy atom. The maximum absolute atomic E-state index is 12.9. The molecule has 0 saturated heterocycles. The van der Waals surface area contributed by atoms with Gasteiger partial charge in [0.1, 0.15) is 0 Å². The van der Waals surface area contributed by atoms with Crippen molar-refractivity contribution in [3.63, 3.8) is 0 Å². The summed E-state index contributed by atoms with van der Waals surface area (Å²) in [4.78, 5) is 12.9. The molecule has 1 N–H and O–H groups in total. The second-order valence-corrected chi connectivity index (χ2v) is 7.01. The molecule has 3 heteroatoms. The van der Waals surface area contributed by atoms with Crippen LogP contribution in [-0.4, -0.2) is 12.5 Å². The second kappa shape index (κ2) is 7.85. The van der Waals surface area contributed by atoms with Gasteiger partial charge < -0.3 is 5.32 Å². The topological polar surface area (TPSA) is 29.1 Å². The zero-order valence-electron chi connectivity index (χ0n) is 13.9. The molecule has 2 aromatic carbocycles. The maximum atomic E-state index is 12.9. The third-order valence-electron chi connectivity index (χ3n) is 5.08. The van der Waals surface area contributed by atoms with Crippen LogP contribution in [0.4, 0.5) is 0 Å². The molecule has 0 aliphatic heterocycles. The van der Waals surface area contributed by atoms with Crippen LogP contribution in [0.1, 0.15) is 43.2 Å². The molecular weight excluding hydrogens is 318 g/mol. The third-order valence-corrected chi connectivity index (χ3v) is 5.45. The molecule has 0 aromatic heterocycles. The van der Waals surface area contributed by atoms with E-state index in [1.807, 2.05) is 42.5 Å². The zero-order chi connectivity index (χ0) is 16.8. The lowest BCUT2D eigenvalue weighted by Crippen LogP contribution is -2.43. The normalized spacial score (nSPS) is 16.0. The highest BCUT2D eigenvalue weighted by molar-refractivity contribution is 6.31. The molecule has 1 aliphatic rings. The average molecular weight is 342 g/mol. The Kier molecular flexibility index (Phi) is 5.57. The van der Waals surface area contributed by atoms with Crippen LogP contribution >= 0.6 is 11.6 Å². The number of carbonyl (C=O) groups is 1. The molecule has 2 nitrogen and oxygen atoms in total. The number of carbonyl (C=O) groups excluding carboxylic acids is 1. The minimum Gasteiger partial charge on any atom is -0.355 e. The fraction of sp³-hybridized carbons (Fsp3) is 0.381. The van der Waals surface area contributed by atoms with Crippen molar-refractivity contribution in [2.24, 2.45) is 0 Å². The first-order chi connectivity index (χ1) is 11.7. The molecule has 0 unspecified atom stereocenters.